The fraction of sp³-hybridized carbons (Fsp3) is 0.429. The summed E-state index contributed by atoms with van der Waals surface area (Å²) in [6.07, 6.45) is -0.0171. The van der Waals surface area contributed by atoms with E-state index < -0.39 is 11.3 Å². The van der Waals surface area contributed by atoms with Gasteiger partial charge in [0, 0.05) is 18.1 Å². The van der Waals surface area contributed by atoms with Crippen molar-refractivity contribution in [2.75, 3.05) is 26.2 Å². The van der Waals surface area contributed by atoms with Gasteiger partial charge in [0.2, 0.25) is 5.91 Å². The van der Waals surface area contributed by atoms with Crippen LogP contribution >= 0.6 is 0 Å². The maximum Gasteiger partial charge on any atom is 0.573 e. The quantitative estimate of drug-likeness (QED) is 0.499. The second-order valence-corrected chi connectivity index (χ2v) is 8.06. The molecule has 0 bridgehead atoms. The van der Waals surface area contributed by atoms with Crippen LogP contribution in [0.1, 0.15) is 18.4 Å². The third kappa shape index (κ3) is 6.25. The van der Waals surface area contributed by atoms with E-state index in [1.807, 2.05) is 11.0 Å². The first-order chi connectivity index (χ1) is 16.1. The number of alkyl halides is 3. The fourth-order valence-corrected chi connectivity index (χ4v) is 3.89. The minimum atomic E-state index is -4.72. The normalized spacial score (nSPS) is 18.6. The Bertz CT molecular complexity index is 1070. The molecule has 1 aromatic carbocycles. The van der Waals surface area contributed by atoms with Crippen molar-refractivity contribution in [2.45, 2.75) is 31.8 Å². The standard InChI is InChI=1S/C21H22F3N5O5/c22-21(23,24)34-17-3-1-14(2-4-17)9-15-5-7-27(8-6-15)12-19(30)25-16-10-28-11-18(29(31)32)26-20(28)33-13-16/h1-4,9,11,16H,5-8,10,12-13H2,(H,25,30)/t16-/m0/s1. The van der Waals surface area contributed by atoms with Gasteiger partial charge in [-0.1, -0.05) is 23.8 Å². The Morgan fingerprint density at radius 1 is 1.29 bits per heavy atom. The smallest absolute Gasteiger partial charge is 0.444 e. The van der Waals surface area contributed by atoms with Crippen molar-refractivity contribution in [2.24, 2.45) is 0 Å². The highest BCUT2D eigenvalue weighted by molar-refractivity contribution is 5.78. The second kappa shape index (κ2) is 9.71. The summed E-state index contributed by atoms with van der Waals surface area (Å²) < 4.78 is 47.6. The highest BCUT2D eigenvalue weighted by Crippen LogP contribution is 2.25. The van der Waals surface area contributed by atoms with E-state index in [-0.39, 0.29) is 42.7 Å². The predicted octanol–water partition coefficient (Wildman–Crippen LogP) is 2.75. The summed E-state index contributed by atoms with van der Waals surface area (Å²) in [5, 5.41) is 13.7. The molecule has 182 valence electrons. The van der Waals surface area contributed by atoms with E-state index in [0.29, 0.717) is 19.6 Å². The van der Waals surface area contributed by atoms with Crippen molar-refractivity contribution in [3.8, 4) is 11.8 Å². The molecule has 3 heterocycles. The first-order valence-corrected chi connectivity index (χ1v) is 10.6. The number of carbonyl (C=O) groups excluding carboxylic acids is 1. The van der Waals surface area contributed by atoms with Gasteiger partial charge in [-0.3, -0.25) is 14.3 Å². The Labute approximate surface area is 192 Å². The number of hydrogen-bond donors (Lipinski definition) is 1. The lowest BCUT2D eigenvalue weighted by Crippen LogP contribution is -2.48. The summed E-state index contributed by atoms with van der Waals surface area (Å²) in [7, 11) is 0. The lowest BCUT2D eigenvalue weighted by Gasteiger charge is -2.29. The molecule has 1 N–H and O–H groups in total. The summed E-state index contributed by atoms with van der Waals surface area (Å²) in [5.41, 5.74) is 1.93. The number of aromatic nitrogens is 2. The molecule has 1 saturated heterocycles. The van der Waals surface area contributed by atoms with Gasteiger partial charge in [-0.15, -0.1) is 13.2 Å². The third-order valence-corrected chi connectivity index (χ3v) is 5.46. The monoisotopic (exact) mass is 481 g/mol. The highest BCUT2D eigenvalue weighted by atomic mass is 19.4. The second-order valence-electron chi connectivity index (χ2n) is 8.06. The number of halogens is 3. The lowest BCUT2D eigenvalue weighted by molar-refractivity contribution is -0.389. The molecule has 0 saturated carbocycles. The number of nitrogens with zero attached hydrogens (tertiary/aromatic N) is 4. The Kier molecular flexibility index (Phi) is 6.72. The van der Waals surface area contributed by atoms with Crippen LogP contribution in [0.2, 0.25) is 0 Å². The fourth-order valence-electron chi connectivity index (χ4n) is 3.89. The van der Waals surface area contributed by atoms with E-state index in [1.54, 1.807) is 12.1 Å². The van der Waals surface area contributed by atoms with Crippen molar-refractivity contribution in [1.29, 1.82) is 0 Å². The van der Waals surface area contributed by atoms with Crippen molar-refractivity contribution in [3.05, 3.63) is 51.7 Å². The van der Waals surface area contributed by atoms with Crippen LogP contribution in [0.5, 0.6) is 11.8 Å². The lowest BCUT2D eigenvalue weighted by atomic mass is 10.0. The Hall–Kier alpha value is -3.61. The van der Waals surface area contributed by atoms with Gasteiger partial charge in [-0.2, -0.15) is 0 Å². The maximum atomic E-state index is 12.5. The minimum Gasteiger partial charge on any atom is -0.444 e. The largest absolute Gasteiger partial charge is 0.573 e. The molecule has 0 spiro atoms. The number of fused-ring (bicyclic) bond motifs is 1. The zero-order chi connectivity index (χ0) is 24.3. The molecule has 10 nitrogen and oxygen atoms in total. The van der Waals surface area contributed by atoms with Crippen molar-refractivity contribution >= 4 is 17.8 Å². The van der Waals surface area contributed by atoms with Gasteiger partial charge < -0.3 is 24.9 Å². The van der Waals surface area contributed by atoms with Crippen LogP contribution in [0.4, 0.5) is 19.0 Å². The molecule has 0 radical (unpaired) electrons. The van der Waals surface area contributed by atoms with Gasteiger partial charge in [-0.25, -0.2) is 0 Å². The van der Waals surface area contributed by atoms with Gasteiger partial charge >= 0.3 is 18.2 Å². The molecule has 13 heteroatoms. The number of nitrogens with one attached hydrogen (secondary N) is 1. The van der Waals surface area contributed by atoms with Gasteiger partial charge in [0.15, 0.2) is 0 Å². The Balaban J connectivity index is 1.22. The van der Waals surface area contributed by atoms with Crippen molar-refractivity contribution < 1.29 is 32.4 Å². The van der Waals surface area contributed by atoms with Crippen LogP contribution in [0.25, 0.3) is 6.08 Å². The van der Waals surface area contributed by atoms with Crippen LogP contribution in [0.3, 0.4) is 0 Å². The molecule has 2 aliphatic rings. The maximum absolute atomic E-state index is 12.5. The Morgan fingerprint density at radius 2 is 2.00 bits per heavy atom. The van der Waals surface area contributed by atoms with Crippen molar-refractivity contribution in [1.82, 2.24) is 19.8 Å². The number of benzene rings is 1. The average Bonchev–Trinajstić information content (AvgIpc) is 3.19. The zero-order valence-electron chi connectivity index (χ0n) is 18.0. The van der Waals surface area contributed by atoms with E-state index in [2.05, 4.69) is 15.0 Å². The number of piperidine rings is 1. The number of rotatable bonds is 6. The van der Waals surface area contributed by atoms with Gasteiger partial charge in [0.25, 0.3) is 0 Å². The number of nitro groups is 1. The molecule has 1 aromatic heterocycles. The number of ether oxygens (including phenoxy) is 2. The number of carbonyl (C=O) groups is 1. The van der Waals surface area contributed by atoms with Crippen LogP contribution in [0, 0.1) is 10.1 Å². The van der Waals surface area contributed by atoms with Crippen LogP contribution in [-0.2, 0) is 11.3 Å². The van der Waals surface area contributed by atoms with Crippen LogP contribution in [-0.4, -0.2) is 63.9 Å². The molecule has 2 aromatic rings. The molecular formula is C21H22F3N5O5. The summed E-state index contributed by atoms with van der Waals surface area (Å²) in [4.78, 5) is 28.5. The highest BCUT2D eigenvalue weighted by Gasteiger charge is 2.31. The number of amides is 1. The van der Waals surface area contributed by atoms with Gasteiger partial charge in [0.05, 0.1) is 19.1 Å². The van der Waals surface area contributed by atoms with E-state index in [4.69, 9.17) is 4.74 Å². The predicted molar refractivity (Wildman–Crippen MR) is 113 cm³/mol. The van der Waals surface area contributed by atoms with E-state index in [9.17, 15) is 28.1 Å². The summed E-state index contributed by atoms with van der Waals surface area (Å²) in [6.45, 7) is 2.08. The first-order valence-electron chi connectivity index (χ1n) is 10.6. The number of likely N-dealkylation sites (tertiary alicyclic amines) is 1. The molecule has 2 aliphatic heterocycles. The third-order valence-electron chi connectivity index (χ3n) is 5.46. The zero-order valence-corrected chi connectivity index (χ0v) is 18.0. The molecule has 1 atom stereocenters. The van der Waals surface area contributed by atoms with Crippen LogP contribution in [0.15, 0.2) is 36.0 Å². The Morgan fingerprint density at radius 3 is 2.65 bits per heavy atom. The first kappa shape index (κ1) is 23.5. The summed E-state index contributed by atoms with van der Waals surface area (Å²) >= 11 is 0. The molecule has 1 amide bonds. The topological polar surface area (TPSA) is 112 Å². The number of imidazole rings is 1. The molecule has 0 unspecified atom stereocenters. The average molecular weight is 481 g/mol. The minimum absolute atomic E-state index is 0.162. The molecule has 34 heavy (non-hydrogen) atoms. The van der Waals surface area contributed by atoms with Crippen LogP contribution < -0.4 is 14.8 Å². The van der Waals surface area contributed by atoms with E-state index in [0.717, 1.165) is 24.0 Å². The van der Waals surface area contributed by atoms with E-state index >= 15 is 0 Å². The van der Waals surface area contributed by atoms with Crippen molar-refractivity contribution in [3.63, 3.8) is 0 Å². The number of hydrogen-bond acceptors (Lipinski definition) is 7. The summed E-state index contributed by atoms with van der Waals surface area (Å²) in [5.74, 6) is -0.731. The summed E-state index contributed by atoms with van der Waals surface area (Å²) in [6, 6.07) is 5.53. The molecule has 0 aliphatic carbocycles. The van der Waals surface area contributed by atoms with Gasteiger partial charge in [-0.05, 0) is 35.5 Å². The van der Waals surface area contributed by atoms with Gasteiger partial charge in [0.1, 0.15) is 18.6 Å². The molecular weight excluding hydrogens is 459 g/mol. The molecule has 4 rings (SSSR count). The molecule has 1 fully saturated rings. The van der Waals surface area contributed by atoms with E-state index in [1.165, 1.54) is 22.9 Å². The SMILES string of the molecule is O=C(CN1CCC(=Cc2ccc(OC(F)(F)F)cc2)CC1)N[C@@H]1COc2nc([N+](=O)[O-])cn2C1.